The van der Waals surface area contributed by atoms with Gasteiger partial charge >= 0.3 is 18.2 Å². The van der Waals surface area contributed by atoms with Gasteiger partial charge in [-0.2, -0.15) is 5.01 Å². The van der Waals surface area contributed by atoms with Crippen LogP contribution in [0.25, 0.3) is 0 Å². The number of hydrogen-bond acceptors (Lipinski definition) is 7. The van der Waals surface area contributed by atoms with Crippen LogP contribution in [0.15, 0.2) is 22.7 Å². The van der Waals surface area contributed by atoms with E-state index in [-0.39, 0.29) is 25.2 Å². The van der Waals surface area contributed by atoms with Crippen molar-refractivity contribution in [1.29, 1.82) is 0 Å². The highest BCUT2D eigenvalue weighted by atomic mass is 79.9. The minimum absolute atomic E-state index is 0.0227. The predicted molar refractivity (Wildman–Crippen MR) is 95.9 cm³/mol. The summed E-state index contributed by atoms with van der Waals surface area (Å²) in [4.78, 5) is 50.3. The number of hydrogen-bond donors (Lipinski definition) is 1. The molecule has 0 spiro atoms. The van der Waals surface area contributed by atoms with Crippen molar-refractivity contribution >= 4 is 39.9 Å². The molecule has 2 amide bonds. The van der Waals surface area contributed by atoms with Gasteiger partial charge in [0, 0.05) is 16.5 Å². The first-order chi connectivity index (χ1) is 12.8. The Morgan fingerprint density at radius 2 is 1.89 bits per heavy atom. The number of ether oxygens (including phenoxy) is 3. The molecule has 0 heterocycles. The summed E-state index contributed by atoms with van der Waals surface area (Å²) >= 11 is 3.31. The normalized spacial score (nSPS) is 17.7. The number of benzene rings is 1. The first-order valence-corrected chi connectivity index (χ1v) is 8.93. The van der Waals surface area contributed by atoms with Gasteiger partial charge in [0.25, 0.3) is 0 Å². The Labute approximate surface area is 164 Å². The maximum Gasteiger partial charge on any atom is 0.430 e. The van der Waals surface area contributed by atoms with E-state index in [2.05, 4.69) is 21.4 Å². The Bertz CT molecular complexity index is 783. The third-order valence-corrected chi connectivity index (χ3v) is 4.46. The van der Waals surface area contributed by atoms with E-state index < -0.39 is 29.5 Å². The Balaban J connectivity index is 2.57. The van der Waals surface area contributed by atoms with E-state index in [1.165, 1.54) is 6.07 Å². The maximum atomic E-state index is 13.2. The first kappa shape index (κ1) is 20.7. The second-order valence-corrected chi connectivity index (χ2v) is 6.44. The standard InChI is InChI=1S/C17H19BrN2O7/c1-4-26-15(23)19-20(16(24)27-5-2)17(14(22)25-3)9-10-8-11(18)6-7-12(10)13(17)21/h6-8H,4-5,9H2,1-3H3,(H,19,23)/t17-/m0/s1. The zero-order chi connectivity index (χ0) is 20.2. The third kappa shape index (κ3) is 3.75. The van der Waals surface area contributed by atoms with Crippen LogP contribution in [0.3, 0.4) is 0 Å². The predicted octanol–water partition coefficient (Wildman–Crippen LogP) is 2.22. The number of amides is 2. The lowest BCUT2D eigenvalue weighted by atomic mass is 9.93. The van der Waals surface area contributed by atoms with Crippen molar-refractivity contribution < 1.29 is 33.4 Å². The molecule has 146 valence electrons. The second kappa shape index (κ2) is 8.38. The second-order valence-electron chi connectivity index (χ2n) is 5.53. The van der Waals surface area contributed by atoms with Crippen LogP contribution in [0.4, 0.5) is 9.59 Å². The molecule has 1 atom stereocenters. The molecule has 0 aliphatic heterocycles. The molecule has 0 fully saturated rings. The maximum absolute atomic E-state index is 13.2. The number of halogens is 1. The van der Waals surface area contributed by atoms with Crippen molar-refractivity contribution in [2.45, 2.75) is 25.8 Å². The molecule has 1 aliphatic rings. The Morgan fingerprint density at radius 3 is 2.48 bits per heavy atom. The van der Waals surface area contributed by atoms with Crippen LogP contribution in [0.1, 0.15) is 29.8 Å². The van der Waals surface area contributed by atoms with Crippen LogP contribution in [0, 0.1) is 0 Å². The zero-order valence-corrected chi connectivity index (χ0v) is 16.6. The number of carbonyl (C=O) groups excluding carboxylic acids is 4. The molecule has 10 heteroatoms. The van der Waals surface area contributed by atoms with Crippen molar-refractivity contribution in [2.24, 2.45) is 0 Å². The smallest absolute Gasteiger partial charge is 0.430 e. The molecule has 0 bridgehead atoms. The van der Waals surface area contributed by atoms with Crippen LogP contribution in [0.5, 0.6) is 0 Å². The zero-order valence-electron chi connectivity index (χ0n) is 15.0. The molecular weight excluding hydrogens is 424 g/mol. The summed E-state index contributed by atoms with van der Waals surface area (Å²) in [5.74, 6) is -1.70. The molecule has 0 aromatic heterocycles. The van der Waals surface area contributed by atoms with Gasteiger partial charge in [-0.25, -0.2) is 19.8 Å². The number of fused-ring (bicyclic) bond motifs is 1. The van der Waals surface area contributed by atoms with Gasteiger partial charge in [0.1, 0.15) is 0 Å². The van der Waals surface area contributed by atoms with Crippen molar-refractivity contribution in [3.63, 3.8) is 0 Å². The number of methoxy groups -OCH3 is 1. The lowest BCUT2D eigenvalue weighted by Gasteiger charge is -2.35. The Hall–Kier alpha value is -2.62. The summed E-state index contributed by atoms with van der Waals surface area (Å²) in [6.45, 7) is 3.10. The van der Waals surface area contributed by atoms with E-state index in [0.717, 1.165) is 7.11 Å². The molecule has 9 nitrogen and oxygen atoms in total. The van der Waals surface area contributed by atoms with E-state index in [0.29, 0.717) is 15.0 Å². The largest absolute Gasteiger partial charge is 0.467 e. The molecule has 0 saturated heterocycles. The van der Waals surface area contributed by atoms with E-state index in [9.17, 15) is 19.2 Å². The fourth-order valence-electron chi connectivity index (χ4n) is 2.85. The molecule has 1 N–H and O–H groups in total. The highest BCUT2D eigenvalue weighted by Crippen LogP contribution is 2.37. The summed E-state index contributed by atoms with van der Waals surface area (Å²) in [5.41, 5.74) is 0.756. The number of nitrogens with zero attached hydrogens (tertiary/aromatic N) is 1. The van der Waals surface area contributed by atoms with Gasteiger partial charge in [0.05, 0.1) is 20.3 Å². The minimum Gasteiger partial charge on any atom is -0.467 e. The molecule has 0 saturated carbocycles. The fourth-order valence-corrected chi connectivity index (χ4v) is 3.26. The molecular formula is C17H19BrN2O7. The Morgan fingerprint density at radius 1 is 1.22 bits per heavy atom. The van der Waals surface area contributed by atoms with Gasteiger partial charge < -0.3 is 14.2 Å². The van der Waals surface area contributed by atoms with Gasteiger partial charge in [-0.15, -0.1) is 0 Å². The number of rotatable bonds is 4. The van der Waals surface area contributed by atoms with E-state index in [4.69, 9.17) is 14.2 Å². The number of Topliss-reactive ketones (excluding diaryl/α,β-unsaturated/α-hetero) is 1. The summed E-state index contributed by atoms with van der Waals surface area (Å²) in [5, 5.41) is 0.552. The Kier molecular flexibility index (Phi) is 6.42. The summed E-state index contributed by atoms with van der Waals surface area (Å²) in [7, 11) is 1.09. The fraction of sp³-hybridized carbons (Fsp3) is 0.412. The molecule has 0 radical (unpaired) electrons. The summed E-state index contributed by atoms with van der Waals surface area (Å²) in [6.07, 6.45) is -2.30. The molecule has 27 heavy (non-hydrogen) atoms. The lowest BCUT2D eigenvalue weighted by Crippen LogP contribution is -2.67. The van der Waals surface area contributed by atoms with Crippen LogP contribution in [-0.4, -0.2) is 54.8 Å². The monoisotopic (exact) mass is 442 g/mol. The molecule has 2 rings (SSSR count). The van der Waals surface area contributed by atoms with E-state index in [1.807, 2.05) is 0 Å². The van der Waals surface area contributed by atoms with Gasteiger partial charge in [0.2, 0.25) is 11.3 Å². The van der Waals surface area contributed by atoms with Crippen LogP contribution >= 0.6 is 15.9 Å². The number of ketones is 1. The van der Waals surface area contributed by atoms with Crippen LogP contribution in [0.2, 0.25) is 0 Å². The van der Waals surface area contributed by atoms with E-state index in [1.54, 1.807) is 26.0 Å². The van der Waals surface area contributed by atoms with Crippen molar-refractivity contribution in [3.8, 4) is 0 Å². The third-order valence-electron chi connectivity index (χ3n) is 3.97. The minimum atomic E-state index is -2.14. The number of hydrazine groups is 1. The van der Waals surface area contributed by atoms with Crippen molar-refractivity contribution in [2.75, 3.05) is 20.3 Å². The highest BCUT2D eigenvalue weighted by Gasteiger charge is 2.60. The van der Waals surface area contributed by atoms with Gasteiger partial charge in [0.15, 0.2) is 0 Å². The van der Waals surface area contributed by atoms with Gasteiger partial charge in [-0.05, 0) is 37.6 Å². The number of nitrogens with one attached hydrogen (secondary N) is 1. The highest BCUT2D eigenvalue weighted by molar-refractivity contribution is 9.10. The average Bonchev–Trinajstić information content (AvgIpc) is 2.92. The van der Waals surface area contributed by atoms with Gasteiger partial charge in [-0.3, -0.25) is 4.79 Å². The molecule has 1 aromatic carbocycles. The lowest BCUT2D eigenvalue weighted by molar-refractivity contribution is -0.152. The first-order valence-electron chi connectivity index (χ1n) is 8.13. The van der Waals surface area contributed by atoms with E-state index >= 15 is 0 Å². The number of esters is 1. The molecule has 1 aromatic rings. The van der Waals surface area contributed by atoms with Crippen molar-refractivity contribution in [1.82, 2.24) is 10.4 Å². The quantitative estimate of drug-likeness (QED) is 0.329. The summed E-state index contributed by atoms with van der Waals surface area (Å²) < 4.78 is 15.2. The summed E-state index contributed by atoms with van der Waals surface area (Å²) in [6, 6.07) is 4.82. The number of carbonyl (C=O) groups is 4. The van der Waals surface area contributed by atoms with Crippen LogP contribution < -0.4 is 5.43 Å². The van der Waals surface area contributed by atoms with Crippen LogP contribution in [-0.2, 0) is 25.4 Å². The topological polar surface area (TPSA) is 111 Å². The van der Waals surface area contributed by atoms with Gasteiger partial charge in [-0.1, -0.05) is 15.9 Å². The van der Waals surface area contributed by atoms with Crippen molar-refractivity contribution in [3.05, 3.63) is 33.8 Å². The molecule has 1 aliphatic carbocycles. The molecule has 0 unspecified atom stereocenters. The SMILES string of the molecule is CCOC(=O)NN(C(=O)OCC)[C@@]1(C(=O)OC)Cc2cc(Br)ccc2C1=O. The average molecular weight is 443 g/mol.